The van der Waals surface area contributed by atoms with E-state index in [4.69, 9.17) is 4.74 Å². The Kier molecular flexibility index (Phi) is 8.84. The first-order valence-corrected chi connectivity index (χ1v) is 8.49. The quantitative estimate of drug-likeness (QED) is 0.290. The van der Waals surface area contributed by atoms with Crippen LogP contribution in [0.1, 0.15) is 38.7 Å². The van der Waals surface area contributed by atoms with Gasteiger partial charge in [-0.2, -0.15) is 5.10 Å². The number of phenolic OH excluding ortho intramolecular Hbond substituents is 1. The molecular weight excluding hydrogens is 332 g/mol. The molecule has 2 N–H and O–H groups in total. The van der Waals surface area contributed by atoms with Gasteiger partial charge in [-0.15, -0.1) is 0 Å². The fourth-order valence-corrected chi connectivity index (χ4v) is 2.36. The average Bonchev–Trinajstić information content (AvgIpc) is 2.65. The van der Waals surface area contributed by atoms with E-state index in [1.807, 2.05) is 13.0 Å². The number of Topliss-reactive ketones (excluding diaryl/α,β-unsaturated/α-hetero) is 1. The monoisotopic (exact) mass is 358 g/mol. The molecule has 0 bridgehead atoms. The van der Waals surface area contributed by atoms with Crippen molar-refractivity contribution in [2.24, 2.45) is 11.0 Å². The summed E-state index contributed by atoms with van der Waals surface area (Å²) >= 11 is 0. The van der Waals surface area contributed by atoms with Gasteiger partial charge in [0.05, 0.1) is 13.3 Å². The minimum absolute atomic E-state index is 0.00664. The number of ketones is 1. The number of nitrogens with zero attached hydrogens (tertiary/aromatic N) is 1. The minimum Gasteiger partial charge on any atom is -0.507 e. The molecule has 1 amide bonds. The van der Waals surface area contributed by atoms with Gasteiger partial charge in [-0.05, 0) is 31.0 Å². The van der Waals surface area contributed by atoms with Crippen molar-refractivity contribution in [1.29, 1.82) is 0 Å². The number of methoxy groups -OCH3 is 1. The molecule has 1 aromatic carbocycles. The maximum absolute atomic E-state index is 12.4. The van der Waals surface area contributed by atoms with Gasteiger partial charge in [0.2, 0.25) is 0 Å². The maximum atomic E-state index is 12.4. The minimum atomic E-state index is -0.804. The van der Waals surface area contributed by atoms with E-state index in [0.29, 0.717) is 17.7 Å². The molecule has 0 aliphatic rings. The van der Waals surface area contributed by atoms with Crippen LogP contribution in [0.3, 0.4) is 0 Å². The van der Waals surface area contributed by atoms with E-state index in [9.17, 15) is 14.7 Å². The van der Waals surface area contributed by atoms with Gasteiger partial charge in [0, 0.05) is 12.0 Å². The predicted octanol–water partition coefficient (Wildman–Crippen LogP) is 3.36. The molecule has 0 saturated heterocycles. The standard InChI is InChI=1S/C20H26N2O4/c1-5-8-14(6-2)11-17(18(23)7-3)20(25)22-21-13-15-12-16(26-4)9-10-19(15)24/h5,8-10,12-13,17,24H,1,6-7,11H2,2-4H3,(H,22,25)/b14-8+,21-13-. The fraction of sp³-hybridized carbons (Fsp3) is 0.350. The number of hydrogen-bond donors (Lipinski definition) is 2. The molecule has 6 heteroatoms. The summed E-state index contributed by atoms with van der Waals surface area (Å²) in [5.74, 6) is -0.865. The lowest BCUT2D eigenvalue weighted by molar-refractivity contribution is -0.133. The van der Waals surface area contributed by atoms with Crippen molar-refractivity contribution in [3.63, 3.8) is 0 Å². The smallest absolute Gasteiger partial charge is 0.250 e. The highest BCUT2D eigenvalue weighted by atomic mass is 16.5. The number of hydrazone groups is 1. The number of phenols is 1. The summed E-state index contributed by atoms with van der Waals surface area (Å²) < 4.78 is 5.08. The molecule has 140 valence electrons. The Balaban J connectivity index is 2.88. The largest absolute Gasteiger partial charge is 0.507 e. The second kappa shape index (κ2) is 10.9. The van der Waals surface area contributed by atoms with Crippen molar-refractivity contribution >= 4 is 17.9 Å². The summed E-state index contributed by atoms with van der Waals surface area (Å²) in [4.78, 5) is 24.6. The van der Waals surface area contributed by atoms with Gasteiger partial charge >= 0.3 is 0 Å². The van der Waals surface area contributed by atoms with Crippen LogP contribution in [0.2, 0.25) is 0 Å². The van der Waals surface area contributed by atoms with Gasteiger partial charge in [0.25, 0.3) is 5.91 Å². The van der Waals surface area contributed by atoms with E-state index in [1.165, 1.54) is 19.4 Å². The summed E-state index contributed by atoms with van der Waals surface area (Å²) in [5, 5.41) is 13.7. The molecular formula is C20H26N2O4. The first-order valence-electron chi connectivity index (χ1n) is 8.49. The Morgan fingerprint density at radius 1 is 1.35 bits per heavy atom. The third kappa shape index (κ3) is 6.20. The zero-order valence-electron chi connectivity index (χ0n) is 15.5. The average molecular weight is 358 g/mol. The Labute approximate surface area is 154 Å². The molecule has 1 rings (SSSR count). The molecule has 0 spiro atoms. The Morgan fingerprint density at radius 3 is 2.65 bits per heavy atom. The zero-order chi connectivity index (χ0) is 19.5. The summed E-state index contributed by atoms with van der Waals surface area (Å²) in [6.45, 7) is 7.34. The molecule has 0 aliphatic carbocycles. The van der Waals surface area contributed by atoms with Crippen LogP contribution in [0, 0.1) is 5.92 Å². The lowest BCUT2D eigenvalue weighted by Gasteiger charge is -2.14. The fourth-order valence-electron chi connectivity index (χ4n) is 2.36. The lowest BCUT2D eigenvalue weighted by atomic mass is 9.92. The van der Waals surface area contributed by atoms with Crippen molar-refractivity contribution in [2.45, 2.75) is 33.1 Å². The molecule has 0 heterocycles. The van der Waals surface area contributed by atoms with Crippen LogP contribution < -0.4 is 10.2 Å². The number of hydrogen-bond acceptors (Lipinski definition) is 5. The Morgan fingerprint density at radius 2 is 2.08 bits per heavy atom. The number of nitrogens with one attached hydrogen (secondary N) is 1. The summed E-state index contributed by atoms with van der Waals surface area (Å²) in [7, 11) is 1.51. The molecule has 0 saturated carbocycles. The number of carbonyl (C=O) groups excluding carboxylic acids is 2. The highest BCUT2D eigenvalue weighted by Crippen LogP contribution is 2.21. The van der Waals surface area contributed by atoms with Crippen LogP contribution in [-0.2, 0) is 9.59 Å². The Bertz CT molecular complexity index is 708. The van der Waals surface area contributed by atoms with E-state index in [1.54, 1.807) is 25.1 Å². The third-order valence-corrected chi connectivity index (χ3v) is 3.94. The van der Waals surface area contributed by atoms with Crippen molar-refractivity contribution in [3.05, 3.63) is 48.1 Å². The van der Waals surface area contributed by atoms with Crippen LogP contribution in [0.5, 0.6) is 11.5 Å². The van der Waals surface area contributed by atoms with Crippen molar-refractivity contribution < 1.29 is 19.4 Å². The highest BCUT2D eigenvalue weighted by molar-refractivity contribution is 6.01. The van der Waals surface area contributed by atoms with Crippen LogP contribution in [0.25, 0.3) is 0 Å². The van der Waals surface area contributed by atoms with E-state index < -0.39 is 11.8 Å². The van der Waals surface area contributed by atoms with E-state index in [2.05, 4.69) is 17.1 Å². The molecule has 0 radical (unpaired) electrons. The summed E-state index contributed by atoms with van der Waals surface area (Å²) in [6, 6.07) is 4.67. The lowest BCUT2D eigenvalue weighted by Crippen LogP contribution is -2.32. The van der Waals surface area contributed by atoms with Crippen molar-refractivity contribution in [1.82, 2.24) is 5.43 Å². The summed E-state index contributed by atoms with van der Waals surface area (Å²) in [5.41, 5.74) is 3.75. The first kappa shape index (κ1) is 21.2. The highest BCUT2D eigenvalue weighted by Gasteiger charge is 2.25. The molecule has 0 aromatic heterocycles. The van der Waals surface area contributed by atoms with Gasteiger partial charge < -0.3 is 9.84 Å². The molecule has 1 aromatic rings. The number of aromatic hydroxyl groups is 1. The summed E-state index contributed by atoms with van der Waals surface area (Å²) in [6.07, 6.45) is 6.11. The Hall–Kier alpha value is -2.89. The van der Waals surface area contributed by atoms with Crippen LogP contribution >= 0.6 is 0 Å². The topological polar surface area (TPSA) is 88.0 Å². The number of benzene rings is 1. The van der Waals surface area contributed by atoms with Crippen LogP contribution in [0.4, 0.5) is 0 Å². The number of rotatable bonds is 10. The van der Waals surface area contributed by atoms with Crippen molar-refractivity contribution in [3.8, 4) is 11.5 Å². The molecule has 0 fully saturated rings. The van der Waals surface area contributed by atoms with Gasteiger partial charge in [-0.25, -0.2) is 5.43 Å². The zero-order valence-corrected chi connectivity index (χ0v) is 15.5. The third-order valence-electron chi connectivity index (χ3n) is 3.94. The number of amides is 1. The number of allylic oxidation sites excluding steroid dienone is 3. The second-order valence-electron chi connectivity index (χ2n) is 5.65. The van der Waals surface area contributed by atoms with Crippen LogP contribution in [-0.4, -0.2) is 30.1 Å². The molecule has 26 heavy (non-hydrogen) atoms. The SMILES string of the molecule is C=C/C=C(\CC)CC(C(=O)CC)C(=O)N/N=C\c1cc(OC)ccc1O. The molecule has 1 atom stereocenters. The number of carbonyl (C=O) groups is 2. The maximum Gasteiger partial charge on any atom is 0.250 e. The molecule has 1 unspecified atom stereocenters. The van der Waals surface area contributed by atoms with Gasteiger partial charge in [0.15, 0.2) is 0 Å². The van der Waals surface area contributed by atoms with Crippen LogP contribution in [0.15, 0.2) is 47.6 Å². The van der Waals surface area contributed by atoms with Gasteiger partial charge in [-0.3, -0.25) is 9.59 Å². The number of ether oxygens (including phenoxy) is 1. The second-order valence-corrected chi connectivity index (χ2v) is 5.65. The molecule has 0 aliphatic heterocycles. The normalized spacial score (nSPS) is 12.7. The van der Waals surface area contributed by atoms with Gasteiger partial charge in [0.1, 0.15) is 23.2 Å². The molecule has 6 nitrogen and oxygen atoms in total. The van der Waals surface area contributed by atoms with E-state index in [0.717, 1.165) is 12.0 Å². The predicted molar refractivity (Wildman–Crippen MR) is 102 cm³/mol. The van der Waals surface area contributed by atoms with E-state index >= 15 is 0 Å². The first-order chi connectivity index (χ1) is 12.5. The van der Waals surface area contributed by atoms with E-state index in [-0.39, 0.29) is 18.0 Å². The van der Waals surface area contributed by atoms with Gasteiger partial charge in [-0.1, -0.05) is 38.2 Å². The van der Waals surface area contributed by atoms with Crippen molar-refractivity contribution in [2.75, 3.05) is 7.11 Å².